The Morgan fingerprint density at radius 2 is 1.54 bits per heavy atom. The van der Waals surface area contributed by atoms with Crippen LogP contribution in [0.2, 0.25) is 0 Å². The average molecular weight is 371 g/mol. The Balaban J connectivity index is 1.85. The van der Waals surface area contributed by atoms with E-state index in [0.717, 1.165) is 0 Å². The quantitative estimate of drug-likeness (QED) is 0.570. The number of aromatic nitrogens is 5. The molecule has 0 aromatic carbocycles. The molecule has 0 aliphatic carbocycles. The van der Waals surface area contributed by atoms with Gasteiger partial charge in [-0.1, -0.05) is 12.1 Å². The summed E-state index contributed by atoms with van der Waals surface area (Å²) in [6, 6.07) is 14.3. The number of carbonyl (C=O) groups excluding carboxylic acids is 1. The van der Waals surface area contributed by atoms with Crippen LogP contribution in [0.3, 0.4) is 0 Å². The second kappa shape index (κ2) is 7.75. The van der Waals surface area contributed by atoms with Crippen molar-refractivity contribution >= 4 is 23.0 Å². The number of hydrogen-bond acceptors (Lipinski definition) is 6. The molecule has 0 unspecified atom stereocenters. The fraction of sp³-hybridized carbons (Fsp3) is 0.100. The monoisotopic (exact) mass is 371 g/mol. The first-order chi connectivity index (χ1) is 13.7. The number of anilines is 1. The molecule has 8 heteroatoms. The summed E-state index contributed by atoms with van der Waals surface area (Å²) in [5.74, 6) is 0.394. The van der Waals surface area contributed by atoms with Crippen molar-refractivity contribution in [1.82, 2.24) is 30.2 Å². The van der Waals surface area contributed by atoms with E-state index < -0.39 is 0 Å². The van der Waals surface area contributed by atoms with Crippen molar-refractivity contribution in [1.29, 1.82) is 0 Å². The van der Waals surface area contributed by atoms with Crippen molar-refractivity contribution in [3.63, 3.8) is 0 Å². The maximum absolute atomic E-state index is 11.8. The lowest BCUT2D eigenvalue weighted by Gasteiger charge is -2.10. The number of amides is 2. The number of nitrogens with one attached hydrogen (secondary N) is 2. The van der Waals surface area contributed by atoms with E-state index in [1.54, 1.807) is 24.5 Å². The fourth-order valence-corrected chi connectivity index (χ4v) is 2.70. The van der Waals surface area contributed by atoms with Gasteiger partial charge in [-0.2, -0.15) is 0 Å². The Kier molecular flexibility index (Phi) is 4.83. The van der Waals surface area contributed by atoms with E-state index >= 15 is 0 Å². The highest BCUT2D eigenvalue weighted by Crippen LogP contribution is 2.28. The van der Waals surface area contributed by atoms with Gasteiger partial charge >= 0.3 is 6.03 Å². The largest absolute Gasteiger partial charge is 0.338 e. The first-order valence-electron chi connectivity index (χ1n) is 8.81. The van der Waals surface area contributed by atoms with Gasteiger partial charge in [0.25, 0.3) is 0 Å². The third-order valence-corrected chi connectivity index (χ3v) is 3.92. The van der Waals surface area contributed by atoms with Crippen LogP contribution in [0.4, 0.5) is 10.6 Å². The van der Waals surface area contributed by atoms with E-state index in [0.29, 0.717) is 46.3 Å². The SMILES string of the molecule is CCNC(=O)Nc1ccc2nc(-c3ccccn3)c(-c3ccccn3)nc2n1. The molecule has 138 valence electrons. The van der Waals surface area contributed by atoms with Crippen molar-refractivity contribution in [3.05, 3.63) is 60.9 Å². The summed E-state index contributed by atoms with van der Waals surface area (Å²) in [6.45, 7) is 2.37. The molecule has 4 rings (SSSR count). The zero-order chi connectivity index (χ0) is 19.3. The molecule has 0 saturated heterocycles. The molecule has 2 N–H and O–H groups in total. The number of urea groups is 1. The molecule has 0 aliphatic heterocycles. The Morgan fingerprint density at radius 3 is 2.14 bits per heavy atom. The third kappa shape index (κ3) is 3.61. The van der Waals surface area contributed by atoms with Crippen molar-refractivity contribution in [2.45, 2.75) is 6.92 Å². The molecule has 4 aromatic rings. The van der Waals surface area contributed by atoms with Gasteiger partial charge in [0.2, 0.25) is 0 Å². The van der Waals surface area contributed by atoms with Crippen LogP contribution in [-0.2, 0) is 0 Å². The molecule has 0 atom stereocenters. The molecule has 28 heavy (non-hydrogen) atoms. The summed E-state index contributed by atoms with van der Waals surface area (Å²) in [5, 5.41) is 5.35. The summed E-state index contributed by atoms with van der Waals surface area (Å²) in [7, 11) is 0. The Bertz CT molecular complexity index is 1120. The van der Waals surface area contributed by atoms with E-state index in [4.69, 9.17) is 4.98 Å². The number of pyridine rings is 3. The van der Waals surface area contributed by atoms with Crippen LogP contribution in [0.5, 0.6) is 0 Å². The van der Waals surface area contributed by atoms with Crippen LogP contribution in [0.25, 0.3) is 33.9 Å². The zero-order valence-electron chi connectivity index (χ0n) is 15.1. The number of rotatable bonds is 4. The maximum atomic E-state index is 11.8. The first-order valence-corrected chi connectivity index (χ1v) is 8.81. The van der Waals surface area contributed by atoms with E-state index in [-0.39, 0.29) is 6.03 Å². The Morgan fingerprint density at radius 1 is 0.857 bits per heavy atom. The highest BCUT2D eigenvalue weighted by Gasteiger charge is 2.16. The van der Waals surface area contributed by atoms with Gasteiger partial charge in [-0.05, 0) is 43.3 Å². The van der Waals surface area contributed by atoms with Crippen LogP contribution >= 0.6 is 0 Å². The minimum absolute atomic E-state index is 0.322. The molecule has 0 spiro atoms. The van der Waals surface area contributed by atoms with Crippen LogP contribution in [0.15, 0.2) is 60.9 Å². The molecule has 2 amide bonds. The van der Waals surface area contributed by atoms with E-state index in [1.807, 2.05) is 43.3 Å². The summed E-state index contributed by atoms with van der Waals surface area (Å²) in [4.78, 5) is 34.4. The van der Waals surface area contributed by atoms with Gasteiger partial charge in [0, 0.05) is 18.9 Å². The molecular formula is C20H17N7O. The highest BCUT2D eigenvalue weighted by molar-refractivity contribution is 5.90. The first kappa shape index (κ1) is 17.5. The lowest BCUT2D eigenvalue weighted by Crippen LogP contribution is -2.28. The van der Waals surface area contributed by atoms with E-state index in [9.17, 15) is 4.79 Å². The molecule has 4 aromatic heterocycles. The van der Waals surface area contributed by atoms with Gasteiger partial charge in [0.05, 0.1) is 11.4 Å². The predicted octanol–water partition coefficient (Wildman–Crippen LogP) is 3.29. The van der Waals surface area contributed by atoms with Gasteiger partial charge in [-0.3, -0.25) is 15.3 Å². The van der Waals surface area contributed by atoms with Crippen molar-refractivity contribution in [3.8, 4) is 22.8 Å². The second-order valence-electron chi connectivity index (χ2n) is 5.87. The molecule has 0 bridgehead atoms. The normalized spacial score (nSPS) is 10.6. The summed E-state index contributed by atoms with van der Waals surface area (Å²) >= 11 is 0. The highest BCUT2D eigenvalue weighted by atomic mass is 16.2. The van der Waals surface area contributed by atoms with Gasteiger partial charge in [-0.25, -0.2) is 19.7 Å². The maximum Gasteiger partial charge on any atom is 0.320 e. The number of fused-ring (bicyclic) bond motifs is 1. The summed E-state index contributed by atoms with van der Waals surface area (Å²) < 4.78 is 0. The van der Waals surface area contributed by atoms with Crippen LogP contribution in [-0.4, -0.2) is 37.5 Å². The van der Waals surface area contributed by atoms with Crippen molar-refractivity contribution < 1.29 is 4.79 Å². The van der Waals surface area contributed by atoms with E-state index in [2.05, 4.69) is 30.6 Å². The molecule has 8 nitrogen and oxygen atoms in total. The number of carbonyl (C=O) groups is 1. The van der Waals surface area contributed by atoms with Crippen LogP contribution < -0.4 is 10.6 Å². The van der Waals surface area contributed by atoms with Gasteiger partial charge in [0.1, 0.15) is 22.7 Å². The van der Waals surface area contributed by atoms with Crippen LogP contribution in [0, 0.1) is 0 Å². The Labute approximate surface area is 161 Å². The predicted molar refractivity (Wildman–Crippen MR) is 106 cm³/mol. The minimum Gasteiger partial charge on any atom is -0.338 e. The summed E-state index contributed by atoms with van der Waals surface area (Å²) in [6.07, 6.45) is 3.41. The fourth-order valence-electron chi connectivity index (χ4n) is 2.70. The standard InChI is InChI=1S/C20H17N7O/c1-2-21-20(28)26-16-10-9-15-19(25-16)27-18(14-8-4-6-12-23-14)17(24-15)13-7-3-5-11-22-13/h3-12H,2H2,1H3,(H2,21,25,26,27,28). The zero-order valence-corrected chi connectivity index (χ0v) is 15.1. The van der Waals surface area contributed by atoms with E-state index in [1.165, 1.54) is 0 Å². The van der Waals surface area contributed by atoms with Crippen molar-refractivity contribution in [2.75, 3.05) is 11.9 Å². The third-order valence-electron chi connectivity index (χ3n) is 3.92. The summed E-state index contributed by atoms with van der Waals surface area (Å²) in [5.41, 5.74) is 3.58. The molecule has 0 aliphatic rings. The lowest BCUT2D eigenvalue weighted by molar-refractivity contribution is 0.252. The van der Waals surface area contributed by atoms with Crippen molar-refractivity contribution in [2.24, 2.45) is 0 Å². The van der Waals surface area contributed by atoms with Gasteiger partial charge < -0.3 is 5.32 Å². The molecule has 0 fully saturated rings. The topological polar surface area (TPSA) is 106 Å². The van der Waals surface area contributed by atoms with Gasteiger partial charge in [-0.15, -0.1) is 0 Å². The lowest BCUT2D eigenvalue weighted by atomic mass is 10.1. The number of nitrogens with zero attached hydrogens (tertiary/aromatic N) is 5. The molecule has 0 saturated carbocycles. The molecule has 4 heterocycles. The minimum atomic E-state index is -0.322. The Hall–Kier alpha value is -3.94. The second-order valence-corrected chi connectivity index (χ2v) is 5.87. The average Bonchev–Trinajstić information content (AvgIpc) is 2.74. The van der Waals surface area contributed by atoms with Gasteiger partial charge in [0.15, 0.2) is 5.65 Å². The molecular weight excluding hydrogens is 354 g/mol. The smallest absolute Gasteiger partial charge is 0.320 e. The number of hydrogen-bond donors (Lipinski definition) is 2. The van der Waals surface area contributed by atoms with Crippen LogP contribution in [0.1, 0.15) is 6.92 Å². The molecule has 0 radical (unpaired) electrons.